The Morgan fingerprint density at radius 2 is 1.66 bits per heavy atom. The largest absolute Gasteiger partial charge is 0.466 e. The van der Waals surface area contributed by atoms with Gasteiger partial charge < -0.3 is 18.9 Å². The average Bonchev–Trinajstić information content (AvgIpc) is 2.88. The molecule has 0 fully saturated rings. The number of benzene rings is 3. The second-order valence-corrected chi connectivity index (χ2v) is 8.40. The molecule has 1 heterocycles. The number of nitrogens with zero attached hydrogens (tertiary/aromatic N) is 2. The van der Waals surface area contributed by atoms with E-state index in [9.17, 15) is 9.59 Å². The molecule has 4 rings (SSSR count). The summed E-state index contributed by atoms with van der Waals surface area (Å²) in [6, 6.07) is 24.4. The Hall–Kier alpha value is -3.61. The Morgan fingerprint density at radius 1 is 0.971 bits per heavy atom. The van der Waals surface area contributed by atoms with Crippen molar-refractivity contribution in [2.45, 2.75) is 13.3 Å². The van der Waals surface area contributed by atoms with Crippen LogP contribution in [-0.2, 0) is 18.2 Å². The van der Waals surface area contributed by atoms with Gasteiger partial charge in [-0.1, -0.05) is 66.2 Å². The molecule has 0 aliphatic heterocycles. The van der Waals surface area contributed by atoms with Crippen LogP contribution in [0.4, 0.5) is 5.69 Å². The predicted molar refractivity (Wildman–Crippen MR) is 140 cm³/mol. The van der Waals surface area contributed by atoms with Crippen LogP contribution < -0.4 is 15.2 Å². The quantitative estimate of drug-likeness (QED) is 0.231. The highest BCUT2D eigenvalue weighted by atomic mass is 35.5. The Kier molecular flexibility index (Phi) is 7.85. The monoisotopic (exact) mass is 490 g/mol. The van der Waals surface area contributed by atoms with Crippen LogP contribution in [0.15, 0.2) is 83.7 Å². The number of pyridine rings is 1. The van der Waals surface area contributed by atoms with Gasteiger partial charge in [0.1, 0.15) is 5.56 Å². The molecular weight excluding hydrogens is 464 g/mol. The number of para-hydroxylation sites is 1. The minimum Gasteiger partial charge on any atom is -0.466 e. The fourth-order valence-corrected chi connectivity index (χ4v) is 4.29. The smallest absolute Gasteiger partial charge is 0.267 e. The zero-order valence-electron chi connectivity index (χ0n) is 19.7. The lowest BCUT2D eigenvalue weighted by Crippen LogP contribution is -2.37. The van der Waals surface area contributed by atoms with E-state index < -0.39 is 11.5 Å². The first-order valence-corrected chi connectivity index (χ1v) is 11.8. The van der Waals surface area contributed by atoms with Crippen LogP contribution in [0.1, 0.15) is 22.8 Å². The number of carbonyl (C=O) groups excluding carboxylic acids is 1. The Labute approximate surface area is 209 Å². The number of aryl methyl sites for hydroxylation is 1. The molecule has 0 bridgehead atoms. The standard InChI is InChI=1S/C28H27ClN2O4/c1-3-31(21-13-8-5-9-14-21)28(33)25-26(35-19-34-18-17-20-11-6-4-7-12-20)24-22(29)15-10-16-23(24)30(2)27(25)32/h4-16H,3,17-19H2,1-2H3. The fraction of sp³-hybridized carbons (Fsp3) is 0.214. The molecule has 0 saturated heterocycles. The lowest BCUT2D eigenvalue weighted by molar-refractivity contribution is 0.0172. The molecule has 0 atom stereocenters. The number of carbonyl (C=O) groups is 1. The number of hydrogen-bond donors (Lipinski definition) is 0. The maximum Gasteiger partial charge on any atom is 0.267 e. The van der Waals surface area contributed by atoms with Crippen molar-refractivity contribution < 1.29 is 14.3 Å². The highest BCUT2D eigenvalue weighted by Gasteiger charge is 2.28. The van der Waals surface area contributed by atoms with Crippen LogP contribution in [-0.4, -0.2) is 30.4 Å². The third-order valence-electron chi connectivity index (χ3n) is 5.83. The average molecular weight is 491 g/mol. The van der Waals surface area contributed by atoms with E-state index in [1.165, 1.54) is 4.57 Å². The normalized spacial score (nSPS) is 10.9. The Balaban J connectivity index is 1.70. The number of aromatic nitrogens is 1. The molecule has 1 amide bonds. The van der Waals surface area contributed by atoms with Crippen LogP contribution in [0.2, 0.25) is 5.02 Å². The predicted octanol–water partition coefficient (Wildman–Crippen LogP) is 5.45. The van der Waals surface area contributed by atoms with Gasteiger partial charge in [0.2, 0.25) is 0 Å². The Morgan fingerprint density at radius 3 is 2.34 bits per heavy atom. The van der Waals surface area contributed by atoms with Crippen LogP contribution in [0.25, 0.3) is 10.9 Å². The number of amides is 1. The van der Waals surface area contributed by atoms with Crippen molar-refractivity contribution in [3.05, 3.63) is 105 Å². The van der Waals surface area contributed by atoms with Gasteiger partial charge in [-0.25, -0.2) is 0 Å². The minimum atomic E-state index is -0.460. The first-order chi connectivity index (χ1) is 17.0. The number of rotatable bonds is 9. The fourth-order valence-electron chi connectivity index (χ4n) is 4.03. The van der Waals surface area contributed by atoms with Gasteiger partial charge >= 0.3 is 0 Å². The third-order valence-corrected chi connectivity index (χ3v) is 6.15. The van der Waals surface area contributed by atoms with E-state index in [-0.39, 0.29) is 18.1 Å². The lowest BCUT2D eigenvalue weighted by Gasteiger charge is -2.23. The summed E-state index contributed by atoms with van der Waals surface area (Å²) in [5, 5.41) is 0.879. The molecule has 180 valence electrons. The molecule has 35 heavy (non-hydrogen) atoms. The summed E-state index contributed by atoms with van der Waals surface area (Å²) >= 11 is 6.55. The number of anilines is 1. The highest BCUT2D eigenvalue weighted by Crippen LogP contribution is 2.34. The molecule has 0 saturated carbocycles. The van der Waals surface area contributed by atoms with Crippen LogP contribution >= 0.6 is 11.6 Å². The molecule has 0 radical (unpaired) electrons. The van der Waals surface area contributed by atoms with E-state index >= 15 is 0 Å². The summed E-state index contributed by atoms with van der Waals surface area (Å²) in [6.07, 6.45) is 0.714. The molecule has 0 unspecified atom stereocenters. The van der Waals surface area contributed by atoms with E-state index in [0.29, 0.717) is 41.2 Å². The first-order valence-electron chi connectivity index (χ1n) is 11.5. The van der Waals surface area contributed by atoms with Crippen molar-refractivity contribution in [2.75, 3.05) is 24.8 Å². The van der Waals surface area contributed by atoms with E-state index in [1.54, 1.807) is 30.1 Å². The summed E-state index contributed by atoms with van der Waals surface area (Å²) in [5.74, 6) is -0.326. The summed E-state index contributed by atoms with van der Waals surface area (Å²) in [5.41, 5.74) is 1.86. The summed E-state index contributed by atoms with van der Waals surface area (Å²) in [6.45, 7) is 2.53. The van der Waals surface area contributed by atoms with Gasteiger partial charge in [-0.05, 0) is 43.2 Å². The summed E-state index contributed by atoms with van der Waals surface area (Å²) in [7, 11) is 1.62. The highest BCUT2D eigenvalue weighted by molar-refractivity contribution is 6.36. The maximum absolute atomic E-state index is 13.7. The number of halogens is 1. The van der Waals surface area contributed by atoms with Gasteiger partial charge in [-0.2, -0.15) is 0 Å². The van der Waals surface area contributed by atoms with Crippen molar-refractivity contribution in [1.29, 1.82) is 0 Å². The van der Waals surface area contributed by atoms with E-state index in [1.807, 2.05) is 67.6 Å². The van der Waals surface area contributed by atoms with E-state index in [4.69, 9.17) is 21.1 Å². The van der Waals surface area contributed by atoms with Crippen LogP contribution in [0.5, 0.6) is 5.75 Å². The second kappa shape index (κ2) is 11.2. The van der Waals surface area contributed by atoms with Gasteiger partial charge in [0.05, 0.1) is 22.5 Å². The summed E-state index contributed by atoms with van der Waals surface area (Å²) < 4.78 is 13.1. The van der Waals surface area contributed by atoms with E-state index in [2.05, 4.69) is 0 Å². The van der Waals surface area contributed by atoms with Crippen molar-refractivity contribution in [3.63, 3.8) is 0 Å². The van der Waals surface area contributed by atoms with Gasteiger partial charge in [0, 0.05) is 19.3 Å². The zero-order chi connectivity index (χ0) is 24.8. The topological polar surface area (TPSA) is 60.8 Å². The van der Waals surface area contributed by atoms with Crippen LogP contribution in [0.3, 0.4) is 0 Å². The molecule has 0 spiro atoms. The van der Waals surface area contributed by atoms with Gasteiger partial charge in [0.15, 0.2) is 12.5 Å². The summed E-state index contributed by atoms with van der Waals surface area (Å²) in [4.78, 5) is 28.7. The van der Waals surface area contributed by atoms with Gasteiger partial charge in [-0.15, -0.1) is 0 Å². The molecular formula is C28H27ClN2O4. The lowest BCUT2D eigenvalue weighted by atomic mass is 10.1. The van der Waals surface area contributed by atoms with E-state index in [0.717, 1.165) is 5.56 Å². The molecule has 3 aromatic carbocycles. The Bertz CT molecular complexity index is 1370. The zero-order valence-corrected chi connectivity index (χ0v) is 20.5. The van der Waals surface area contributed by atoms with Crippen molar-refractivity contribution >= 4 is 34.1 Å². The second-order valence-electron chi connectivity index (χ2n) is 7.99. The number of fused-ring (bicyclic) bond motifs is 1. The maximum atomic E-state index is 13.7. The molecule has 1 aromatic heterocycles. The SMILES string of the molecule is CCN(C(=O)c1c(OCOCCc2ccccc2)c2c(Cl)cccc2n(C)c1=O)c1ccccc1. The van der Waals surface area contributed by atoms with Crippen molar-refractivity contribution in [2.24, 2.45) is 7.05 Å². The third kappa shape index (κ3) is 5.24. The molecule has 0 aliphatic rings. The number of hydrogen-bond acceptors (Lipinski definition) is 4. The van der Waals surface area contributed by atoms with Crippen molar-refractivity contribution in [3.8, 4) is 5.75 Å². The number of ether oxygens (including phenoxy) is 2. The molecule has 4 aromatic rings. The first kappa shape index (κ1) is 24.5. The van der Waals surface area contributed by atoms with Crippen LogP contribution in [0, 0.1) is 0 Å². The molecule has 6 nitrogen and oxygen atoms in total. The molecule has 0 aliphatic carbocycles. The minimum absolute atomic E-state index is 0.0783. The van der Waals surface area contributed by atoms with Gasteiger partial charge in [-0.3, -0.25) is 9.59 Å². The molecule has 0 N–H and O–H groups in total. The van der Waals surface area contributed by atoms with Gasteiger partial charge in [0.25, 0.3) is 11.5 Å². The van der Waals surface area contributed by atoms with Crippen molar-refractivity contribution in [1.82, 2.24) is 4.57 Å². The molecule has 7 heteroatoms.